The summed E-state index contributed by atoms with van der Waals surface area (Å²) in [6.07, 6.45) is 9.95. The van der Waals surface area contributed by atoms with Gasteiger partial charge in [-0.1, -0.05) is 0 Å². The summed E-state index contributed by atoms with van der Waals surface area (Å²) < 4.78 is 2.01. The fraction of sp³-hybridized carbons (Fsp3) is 0.786. The summed E-state index contributed by atoms with van der Waals surface area (Å²) in [4.78, 5) is 0. The topological polar surface area (TPSA) is 29.9 Å². The van der Waals surface area contributed by atoms with Gasteiger partial charge in [0.2, 0.25) is 0 Å². The molecular weight excluding hydrogens is 210 g/mol. The third-order valence-corrected chi connectivity index (χ3v) is 4.18. The molecule has 1 N–H and O–H groups in total. The standard InChI is InChI=1S/C14H23N3/c1-3-17-9-13(8-15-17)10(2)16-14(11-4-5-11)12-6-7-12/h8-12,14,16H,3-7H2,1-2H3. The maximum atomic E-state index is 4.36. The van der Waals surface area contributed by atoms with Crippen molar-refractivity contribution in [3.05, 3.63) is 18.0 Å². The fourth-order valence-electron chi connectivity index (χ4n) is 2.73. The van der Waals surface area contributed by atoms with Crippen molar-refractivity contribution < 1.29 is 0 Å². The molecule has 1 aromatic heterocycles. The van der Waals surface area contributed by atoms with Gasteiger partial charge in [-0.15, -0.1) is 0 Å². The molecule has 0 spiro atoms. The Hall–Kier alpha value is -0.830. The van der Waals surface area contributed by atoms with Gasteiger partial charge in [-0.05, 0) is 51.4 Å². The Morgan fingerprint density at radius 3 is 2.47 bits per heavy atom. The first-order valence-corrected chi connectivity index (χ1v) is 7.06. The van der Waals surface area contributed by atoms with Gasteiger partial charge >= 0.3 is 0 Å². The highest BCUT2D eigenvalue weighted by Gasteiger charge is 2.41. The van der Waals surface area contributed by atoms with E-state index in [4.69, 9.17) is 0 Å². The van der Waals surface area contributed by atoms with Gasteiger partial charge in [-0.25, -0.2) is 0 Å². The van der Waals surface area contributed by atoms with E-state index in [0.717, 1.165) is 24.4 Å². The molecule has 0 radical (unpaired) electrons. The van der Waals surface area contributed by atoms with Crippen molar-refractivity contribution in [2.75, 3.05) is 0 Å². The van der Waals surface area contributed by atoms with Gasteiger partial charge in [-0.2, -0.15) is 5.10 Å². The molecule has 2 saturated carbocycles. The van der Waals surface area contributed by atoms with Gasteiger partial charge in [0.05, 0.1) is 6.20 Å². The number of hydrogen-bond acceptors (Lipinski definition) is 2. The van der Waals surface area contributed by atoms with Crippen LogP contribution in [0, 0.1) is 11.8 Å². The van der Waals surface area contributed by atoms with Crippen molar-refractivity contribution in [2.45, 2.75) is 58.2 Å². The van der Waals surface area contributed by atoms with E-state index in [1.807, 2.05) is 10.9 Å². The van der Waals surface area contributed by atoms with Crippen LogP contribution in [0.4, 0.5) is 0 Å². The molecule has 0 bridgehead atoms. The minimum Gasteiger partial charge on any atom is -0.307 e. The summed E-state index contributed by atoms with van der Waals surface area (Å²) in [6, 6.07) is 1.22. The minimum atomic E-state index is 0.446. The summed E-state index contributed by atoms with van der Waals surface area (Å²) in [7, 11) is 0. The molecule has 0 saturated heterocycles. The van der Waals surface area contributed by atoms with Gasteiger partial charge in [-0.3, -0.25) is 4.68 Å². The van der Waals surface area contributed by atoms with Crippen LogP contribution in [0.15, 0.2) is 12.4 Å². The van der Waals surface area contributed by atoms with E-state index in [-0.39, 0.29) is 0 Å². The molecule has 1 unspecified atom stereocenters. The average molecular weight is 233 g/mol. The van der Waals surface area contributed by atoms with Crippen LogP contribution in [0.25, 0.3) is 0 Å². The predicted octanol–water partition coefficient (Wildman–Crippen LogP) is 2.74. The molecule has 3 heteroatoms. The van der Waals surface area contributed by atoms with Gasteiger partial charge < -0.3 is 5.32 Å². The number of aromatic nitrogens is 2. The van der Waals surface area contributed by atoms with Crippen LogP contribution in [0.2, 0.25) is 0 Å². The molecule has 0 aromatic carbocycles. The second-order valence-electron chi connectivity index (χ2n) is 5.72. The summed E-state index contributed by atoms with van der Waals surface area (Å²) in [5, 5.41) is 8.20. The molecule has 3 nitrogen and oxygen atoms in total. The lowest BCUT2D eigenvalue weighted by Gasteiger charge is -2.22. The number of aryl methyl sites for hydroxylation is 1. The molecule has 1 atom stereocenters. The quantitative estimate of drug-likeness (QED) is 0.818. The molecule has 17 heavy (non-hydrogen) atoms. The summed E-state index contributed by atoms with van der Waals surface area (Å²) in [5.41, 5.74) is 1.33. The van der Waals surface area contributed by atoms with Gasteiger partial charge in [0, 0.05) is 30.4 Å². The van der Waals surface area contributed by atoms with Crippen LogP contribution in [0.3, 0.4) is 0 Å². The van der Waals surface area contributed by atoms with Crippen molar-refractivity contribution >= 4 is 0 Å². The highest BCUT2D eigenvalue weighted by molar-refractivity contribution is 5.11. The lowest BCUT2D eigenvalue weighted by atomic mass is 10.0. The number of nitrogens with one attached hydrogen (secondary N) is 1. The maximum absolute atomic E-state index is 4.36. The van der Waals surface area contributed by atoms with E-state index in [2.05, 4.69) is 30.5 Å². The zero-order valence-electron chi connectivity index (χ0n) is 10.9. The van der Waals surface area contributed by atoms with E-state index < -0.39 is 0 Å². The van der Waals surface area contributed by atoms with Crippen LogP contribution in [0.5, 0.6) is 0 Å². The second-order valence-corrected chi connectivity index (χ2v) is 5.72. The Bertz CT molecular complexity index is 365. The third-order valence-electron chi connectivity index (χ3n) is 4.18. The van der Waals surface area contributed by atoms with E-state index in [0.29, 0.717) is 6.04 Å². The summed E-state index contributed by atoms with van der Waals surface area (Å²) >= 11 is 0. The van der Waals surface area contributed by atoms with Crippen molar-refractivity contribution in [1.82, 2.24) is 15.1 Å². The van der Waals surface area contributed by atoms with E-state index >= 15 is 0 Å². The summed E-state index contributed by atoms with van der Waals surface area (Å²) in [6.45, 7) is 5.36. The molecule has 2 aliphatic rings. The molecule has 1 aromatic rings. The van der Waals surface area contributed by atoms with Crippen molar-refractivity contribution in [2.24, 2.45) is 11.8 Å². The normalized spacial score (nSPS) is 22.1. The monoisotopic (exact) mass is 233 g/mol. The fourth-order valence-corrected chi connectivity index (χ4v) is 2.73. The van der Waals surface area contributed by atoms with Gasteiger partial charge in [0.15, 0.2) is 0 Å². The zero-order valence-corrected chi connectivity index (χ0v) is 10.9. The van der Waals surface area contributed by atoms with Crippen LogP contribution in [-0.4, -0.2) is 15.8 Å². The van der Waals surface area contributed by atoms with Crippen molar-refractivity contribution in [1.29, 1.82) is 0 Å². The molecule has 2 fully saturated rings. The summed E-state index contributed by atoms with van der Waals surface area (Å²) in [5.74, 6) is 1.93. The van der Waals surface area contributed by atoms with Crippen molar-refractivity contribution in [3.63, 3.8) is 0 Å². The lowest BCUT2D eigenvalue weighted by Crippen LogP contribution is -2.35. The Morgan fingerprint density at radius 2 is 2.00 bits per heavy atom. The second kappa shape index (κ2) is 4.45. The van der Waals surface area contributed by atoms with Crippen molar-refractivity contribution in [3.8, 4) is 0 Å². The van der Waals surface area contributed by atoms with Crippen LogP contribution in [0.1, 0.15) is 51.1 Å². The SMILES string of the molecule is CCn1cc(C(C)NC(C2CC2)C2CC2)cn1. The Morgan fingerprint density at radius 1 is 1.35 bits per heavy atom. The molecule has 2 aliphatic carbocycles. The molecule has 1 heterocycles. The molecular formula is C14H23N3. The molecule has 0 amide bonds. The first-order valence-electron chi connectivity index (χ1n) is 7.06. The first-order chi connectivity index (χ1) is 8.28. The Kier molecular flexibility index (Phi) is 2.95. The minimum absolute atomic E-state index is 0.446. The van der Waals surface area contributed by atoms with Gasteiger partial charge in [0.25, 0.3) is 0 Å². The molecule has 94 valence electrons. The number of hydrogen-bond donors (Lipinski definition) is 1. The van der Waals surface area contributed by atoms with Crippen LogP contribution < -0.4 is 5.32 Å². The smallest absolute Gasteiger partial charge is 0.0537 e. The predicted molar refractivity (Wildman–Crippen MR) is 68.7 cm³/mol. The number of nitrogens with zero attached hydrogens (tertiary/aromatic N) is 2. The highest BCUT2D eigenvalue weighted by Crippen LogP contribution is 2.45. The van der Waals surface area contributed by atoms with Crippen LogP contribution >= 0.6 is 0 Å². The third kappa shape index (κ3) is 2.54. The Balaban J connectivity index is 1.62. The van der Waals surface area contributed by atoms with E-state index in [1.54, 1.807) is 0 Å². The first kappa shape index (κ1) is 11.3. The van der Waals surface area contributed by atoms with E-state index in [1.165, 1.54) is 31.2 Å². The maximum Gasteiger partial charge on any atom is 0.0537 e. The largest absolute Gasteiger partial charge is 0.307 e. The van der Waals surface area contributed by atoms with Gasteiger partial charge in [0.1, 0.15) is 0 Å². The highest BCUT2D eigenvalue weighted by atomic mass is 15.3. The van der Waals surface area contributed by atoms with Crippen LogP contribution in [-0.2, 0) is 6.54 Å². The Labute approximate surface area is 104 Å². The van der Waals surface area contributed by atoms with E-state index in [9.17, 15) is 0 Å². The molecule has 3 rings (SSSR count). The average Bonchev–Trinajstić information content (AvgIpc) is 3.24. The lowest BCUT2D eigenvalue weighted by molar-refractivity contribution is 0.377. The zero-order chi connectivity index (χ0) is 11.8. The molecule has 0 aliphatic heterocycles. The number of rotatable bonds is 6.